The number of hydrogen-bond donors (Lipinski definition) is 1. The third-order valence-electron chi connectivity index (χ3n) is 2.14. The molecule has 1 aromatic rings. The van der Waals surface area contributed by atoms with Crippen LogP contribution in [0.3, 0.4) is 0 Å². The van der Waals surface area contributed by atoms with Gasteiger partial charge in [-0.3, -0.25) is 9.36 Å². The number of aromatic nitrogens is 2. The number of anilines is 1. The summed E-state index contributed by atoms with van der Waals surface area (Å²) in [5, 5.41) is 2.54. The zero-order chi connectivity index (χ0) is 10.9. The van der Waals surface area contributed by atoms with Gasteiger partial charge >= 0.3 is 0 Å². The van der Waals surface area contributed by atoms with E-state index in [1.54, 1.807) is 27.9 Å². The van der Waals surface area contributed by atoms with Crippen molar-refractivity contribution >= 4 is 17.5 Å². The molecule has 4 nitrogen and oxygen atoms in total. The van der Waals surface area contributed by atoms with E-state index in [4.69, 9.17) is 11.6 Å². The molecule has 0 spiro atoms. The van der Waals surface area contributed by atoms with Gasteiger partial charge in [-0.25, -0.2) is 4.98 Å². The SMILES string of the molecule is CNc1nc(C)c(C(C)Cl)c(=O)n1C. The number of nitrogens with one attached hydrogen (secondary N) is 1. The van der Waals surface area contributed by atoms with Crippen LogP contribution in [0.1, 0.15) is 23.6 Å². The molecule has 78 valence electrons. The summed E-state index contributed by atoms with van der Waals surface area (Å²) in [6, 6.07) is 0. The van der Waals surface area contributed by atoms with Gasteiger partial charge in [0.25, 0.3) is 5.56 Å². The highest BCUT2D eigenvalue weighted by Gasteiger charge is 2.14. The van der Waals surface area contributed by atoms with Crippen molar-refractivity contribution in [1.82, 2.24) is 9.55 Å². The Labute approximate surface area is 87.9 Å². The summed E-state index contributed by atoms with van der Waals surface area (Å²) < 4.78 is 1.46. The Morgan fingerprint density at radius 3 is 2.57 bits per heavy atom. The fraction of sp³-hybridized carbons (Fsp3) is 0.556. The van der Waals surface area contributed by atoms with Crippen LogP contribution in [0.25, 0.3) is 0 Å². The van der Waals surface area contributed by atoms with Gasteiger partial charge in [-0.1, -0.05) is 0 Å². The predicted octanol–water partition coefficient (Wildman–Crippen LogP) is 1.43. The van der Waals surface area contributed by atoms with Gasteiger partial charge in [0, 0.05) is 14.1 Å². The molecule has 1 aromatic heterocycles. The number of halogens is 1. The first-order chi connectivity index (χ1) is 6.49. The molecule has 0 amide bonds. The van der Waals surface area contributed by atoms with Gasteiger partial charge in [-0.2, -0.15) is 0 Å². The van der Waals surface area contributed by atoms with E-state index in [2.05, 4.69) is 10.3 Å². The fourth-order valence-corrected chi connectivity index (χ4v) is 1.66. The number of hydrogen-bond acceptors (Lipinski definition) is 3. The van der Waals surface area contributed by atoms with E-state index in [-0.39, 0.29) is 10.9 Å². The van der Waals surface area contributed by atoms with Crippen molar-refractivity contribution in [1.29, 1.82) is 0 Å². The first-order valence-electron chi connectivity index (χ1n) is 4.38. The van der Waals surface area contributed by atoms with Crippen molar-refractivity contribution in [2.24, 2.45) is 7.05 Å². The van der Waals surface area contributed by atoms with Crippen LogP contribution in [-0.4, -0.2) is 16.6 Å². The van der Waals surface area contributed by atoms with E-state index in [1.165, 1.54) is 4.57 Å². The molecule has 1 atom stereocenters. The van der Waals surface area contributed by atoms with Gasteiger partial charge in [0.05, 0.1) is 16.6 Å². The van der Waals surface area contributed by atoms with E-state index in [1.807, 2.05) is 0 Å². The van der Waals surface area contributed by atoms with E-state index in [0.29, 0.717) is 17.2 Å². The zero-order valence-electron chi connectivity index (χ0n) is 8.76. The van der Waals surface area contributed by atoms with Crippen molar-refractivity contribution in [2.45, 2.75) is 19.2 Å². The second-order valence-electron chi connectivity index (χ2n) is 3.16. The van der Waals surface area contributed by atoms with E-state index >= 15 is 0 Å². The molecule has 5 heteroatoms. The molecular weight excluding hydrogens is 202 g/mol. The first kappa shape index (κ1) is 11.0. The minimum absolute atomic E-state index is 0.0932. The maximum atomic E-state index is 11.8. The highest BCUT2D eigenvalue weighted by molar-refractivity contribution is 6.20. The molecule has 0 aromatic carbocycles. The summed E-state index contributed by atoms with van der Waals surface area (Å²) in [5.41, 5.74) is 1.15. The third kappa shape index (κ3) is 1.75. The van der Waals surface area contributed by atoms with Crippen molar-refractivity contribution < 1.29 is 0 Å². The van der Waals surface area contributed by atoms with Crippen molar-refractivity contribution in [3.63, 3.8) is 0 Å². The van der Waals surface area contributed by atoms with E-state index < -0.39 is 0 Å². The Balaban J connectivity index is 3.50. The van der Waals surface area contributed by atoms with Gasteiger partial charge < -0.3 is 5.32 Å². The minimum atomic E-state index is -0.313. The predicted molar refractivity (Wildman–Crippen MR) is 58.0 cm³/mol. The van der Waals surface area contributed by atoms with Crippen molar-refractivity contribution in [3.05, 3.63) is 21.6 Å². The Morgan fingerprint density at radius 2 is 2.14 bits per heavy atom. The van der Waals surface area contributed by atoms with Gasteiger partial charge in [0.15, 0.2) is 0 Å². The molecule has 1 N–H and O–H groups in total. The maximum absolute atomic E-state index is 11.8. The molecule has 0 saturated carbocycles. The molecule has 14 heavy (non-hydrogen) atoms. The second kappa shape index (κ2) is 4.00. The molecule has 0 aliphatic heterocycles. The largest absolute Gasteiger partial charge is 0.359 e. The van der Waals surface area contributed by atoms with E-state index in [9.17, 15) is 4.79 Å². The standard InChI is InChI=1S/C9H14ClN3O/c1-5(10)7-6(2)12-9(11-3)13(4)8(7)14/h5H,1-4H3,(H,11,12). The Kier molecular flexibility index (Phi) is 3.16. The topological polar surface area (TPSA) is 46.9 Å². The Morgan fingerprint density at radius 1 is 1.57 bits per heavy atom. The fourth-order valence-electron chi connectivity index (χ4n) is 1.41. The highest BCUT2D eigenvalue weighted by atomic mass is 35.5. The van der Waals surface area contributed by atoms with Gasteiger partial charge in [-0.05, 0) is 13.8 Å². The summed E-state index contributed by atoms with van der Waals surface area (Å²) in [6.45, 7) is 3.56. The minimum Gasteiger partial charge on any atom is -0.359 e. The number of rotatable bonds is 2. The van der Waals surface area contributed by atoms with Crippen LogP contribution in [0.15, 0.2) is 4.79 Å². The van der Waals surface area contributed by atoms with Crippen LogP contribution in [0.5, 0.6) is 0 Å². The van der Waals surface area contributed by atoms with Crippen LogP contribution in [0.2, 0.25) is 0 Å². The normalized spacial score (nSPS) is 12.6. The van der Waals surface area contributed by atoms with Gasteiger partial charge in [0.2, 0.25) is 5.95 Å². The summed E-state index contributed by atoms with van der Waals surface area (Å²) in [7, 11) is 3.40. The lowest BCUT2D eigenvalue weighted by Crippen LogP contribution is -2.26. The highest BCUT2D eigenvalue weighted by Crippen LogP contribution is 2.18. The van der Waals surface area contributed by atoms with Gasteiger partial charge in [-0.15, -0.1) is 11.6 Å². The van der Waals surface area contributed by atoms with Crippen LogP contribution < -0.4 is 10.9 Å². The molecule has 0 aliphatic rings. The maximum Gasteiger partial charge on any atom is 0.259 e. The molecule has 0 saturated heterocycles. The molecule has 0 bridgehead atoms. The van der Waals surface area contributed by atoms with Crippen molar-refractivity contribution in [2.75, 3.05) is 12.4 Å². The smallest absolute Gasteiger partial charge is 0.259 e. The van der Waals surface area contributed by atoms with Gasteiger partial charge in [0.1, 0.15) is 0 Å². The molecule has 1 unspecified atom stereocenters. The average Bonchev–Trinajstić information content (AvgIpc) is 2.10. The average molecular weight is 216 g/mol. The summed E-state index contributed by atoms with van der Waals surface area (Å²) >= 11 is 5.91. The Bertz CT molecular complexity index is 398. The van der Waals surface area contributed by atoms with Crippen LogP contribution in [0, 0.1) is 6.92 Å². The van der Waals surface area contributed by atoms with Crippen LogP contribution >= 0.6 is 11.6 Å². The van der Waals surface area contributed by atoms with E-state index in [0.717, 1.165) is 0 Å². The van der Waals surface area contributed by atoms with Crippen molar-refractivity contribution in [3.8, 4) is 0 Å². The molecule has 0 aliphatic carbocycles. The van der Waals surface area contributed by atoms with Crippen LogP contribution in [-0.2, 0) is 7.05 Å². The number of nitrogens with zero attached hydrogens (tertiary/aromatic N) is 2. The molecule has 1 rings (SSSR count). The second-order valence-corrected chi connectivity index (χ2v) is 3.82. The monoisotopic (exact) mass is 215 g/mol. The Hall–Kier alpha value is -1.03. The summed E-state index contributed by atoms with van der Waals surface area (Å²) in [6.07, 6.45) is 0. The molecule has 0 fully saturated rings. The lowest BCUT2D eigenvalue weighted by molar-refractivity contribution is 0.790. The zero-order valence-corrected chi connectivity index (χ0v) is 9.51. The number of aryl methyl sites for hydroxylation is 1. The lowest BCUT2D eigenvalue weighted by atomic mass is 10.2. The number of alkyl halides is 1. The summed E-state index contributed by atoms with van der Waals surface area (Å²) in [4.78, 5) is 16.0. The quantitative estimate of drug-likeness (QED) is 0.760. The third-order valence-corrected chi connectivity index (χ3v) is 2.36. The molecule has 0 radical (unpaired) electrons. The lowest BCUT2D eigenvalue weighted by Gasteiger charge is -2.12. The summed E-state index contributed by atoms with van der Waals surface area (Å²) in [5.74, 6) is 0.550. The molecule has 1 heterocycles. The first-order valence-corrected chi connectivity index (χ1v) is 4.82. The molecular formula is C9H14ClN3O. The van der Waals surface area contributed by atoms with Crippen LogP contribution in [0.4, 0.5) is 5.95 Å².